The lowest BCUT2D eigenvalue weighted by molar-refractivity contribution is 0.460. The molecule has 0 unspecified atom stereocenters. The molecule has 104 valence electrons. The van der Waals surface area contributed by atoms with Gasteiger partial charge in [0.15, 0.2) is 5.65 Å². The summed E-state index contributed by atoms with van der Waals surface area (Å²) in [5, 5.41) is 16.1. The Labute approximate surface area is 115 Å². The summed E-state index contributed by atoms with van der Waals surface area (Å²) < 4.78 is 7.17. The van der Waals surface area contributed by atoms with Crippen LogP contribution in [0.4, 0.5) is 5.82 Å². The summed E-state index contributed by atoms with van der Waals surface area (Å²) in [7, 11) is 1.85. The topological polar surface area (TPSA) is 94.5 Å². The van der Waals surface area contributed by atoms with Gasteiger partial charge in [-0.25, -0.2) is 9.97 Å². The van der Waals surface area contributed by atoms with Crippen molar-refractivity contribution < 1.29 is 4.42 Å². The molecule has 0 aliphatic carbocycles. The highest BCUT2D eigenvalue weighted by atomic mass is 16.4. The minimum atomic E-state index is 0.424. The maximum atomic E-state index is 5.45. The largest absolute Gasteiger partial charge is 0.423 e. The second-order valence-electron chi connectivity index (χ2n) is 4.42. The molecule has 20 heavy (non-hydrogen) atoms. The maximum Gasteiger partial charge on any atom is 0.235 e. The minimum Gasteiger partial charge on any atom is -0.423 e. The number of nitrogens with one attached hydrogen (secondary N) is 1. The van der Waals surface area contributed by atoms with Crippen LogP contribution in [0.2, 0.25) is 0 Å². The Morgan fingerprint density at radius 1 is 1.25 bits per heavy atom. The third kappa shape index (κ3) is 2.20. The number of aryl methyl sites for hydroxylation is 3. The quantitative estimate of drug-likeness (QED) is 0.763. The molecule has 0 aliphatic rings. The Morgan fingerprint density at radius 3 is 2.80 bits per heavy atom. The van der Waals surface area contributed by atoms with E-state index in [1.807, 2.05) is 20.9 Å². The number of rotatable bonds is 4. The van der Waals surface area contributed by atoms with Crippen molar-refractivity contribution in [2.45, 2.75) is 26.8 Å². The lowest BCUT2D eigenvalue weighted by Gasteiger charge is -2.05. The fourth-order valence-electron chi connectivity index (χ4n) is 1.93. The second kappa shape index (κ2) is 4.87. The lowest BCUT2D eigenvalue weighted by atomic mass is 10.3. The maximum absolute atomic E-state index is 5.45. The Morgan fingerprint density at radius 2 is 2.05 bits per heavy atom. The number of aromatic nitrogens is 6. The van der Waals surface area contributed by atoms with Crippen LogP contribution in [-0.2, 0) is 20.0 Å². The van der Waals surface area contributed by atoms with Gasteiger partial charge in [0, 0.05) is 13.5 Å². The molecule has 0 saturated carbocycles. The van der Waals surface area contributed by atoms with Gasteiger partial charge in [0.05, 0.1) is 18.1 Å². The summed E-state index contributed by atoms with van der Waals surface area (Å²) in [5.74, 6) is 2.57. The van der Waals surface area contributed by atoms with E-state index in [4.69, 9.17) is 4.42 Å². The third-order valence-corrected chi connectivity index (χ3v) is 2.92. The predicted molar refractivity (Wildman–Crippen MR) is 72.0 cm³/mol. The molecule has 0 saturated heterocycles. The van der Waals surface area contributed by atoms with Crippen LogP contribution in [0.25, 0.3) is 11.0 Å². The molecular weight excluding hydrogens is 258 g/mol. The van der Waals surface area contributed by atoms with E-state index in [9.17, 15) is 0 Å². The number of hydrogen-bond donors (Lipinski definition) is 1. The van der Waals surface area contributed by atoms with Crippen molar-refractivity contribution in [3.05, 3.63) is 23.8 Å². The van der Waals surface area contributed by atoms with E-state index in [2.05, 4.69) is 30.6 Å². The molecule has 0 atom stereocenters. The van der Waals surface area contributed by atoms with E-state index in [0.29, 0.717) is 24.2 Å². The van der Waals surface area contributed by atoms with Gasteiger partial charge in [-0.2, -0.15) is 5.10 Å². The Bertz CT molecular complexity index is 745. The minimum absolute atomic E-state index is 0.424. The zero-order valence-corrected chi connectivity index (χ0v) is 11.6. The second-order valence-corrected chi connectivity index (χ2v) is 4.42. The first-order valence-corrected chi connectivity index (χ1v) is 6.39. The van der Waals surface area contributed by atoms with Gasteiger partial charge in [-0.15, -0.1) is 10.2 Å². The first-order chi connectivity index (χ1) is 9.67. The van der Waals surface area contributed by atoms with Crippen molar-refractivity contribution in [2.24, 2.45) is 7.05 Å². The van der Waals surface area contributed by atoms with Gasteiger partial charge < -0.3 is 9.73 Å². The summed E-state index contributed by atoms with van der Waals surface area (Å²) >= 11 is 0. The van der Waals surface area contributed by atoms with Crippen molar-refractivity contribution in [3.63, 3.8) is 0 Å². The highest BCUT2D eigenvalue weighted by Gasteiger charge is 2.11. The van der Waals surface area contributed by atoms with Crippen molar-refractivity contribution in [2.75, 3.05) is 5.32 Å². The van der Waals surface area contributed by atoms with Crippen LogP contribution in [0.5, 0.6) is 0 Å². The molecular formula is C12H15N7O. The van der Waals surface area contributed by atoms with Crippen LogP contribution < -0.4 is 5.32 Å². The number of nitrogens with zero attached hydrogens (tertiary/aromatic N) is 6. The molecule has 0 aliphatic heterocycles. The molecule has 3 aromatic heterocycles. The molecule has 0 fully saturated rings. The van der Waals surface area contributed by atoms with Gasteiger partial charge in [-0.3, -0.25) is 4.68 Å². The zero-order chi connectivity index (χ0) is 14.1. The van der Waals surface area contributed by atoms with Crippen LogP contribution in [0, 0.1) is 6.92 Å². The van der Waals surface area contributed by atoms with Crippen LogP contribution >= 0.6 is 0 Å². The first-order valence-electron chi connectivity index (χ1n) is 6.39. The molecule has 1 N–H and O–H groups in total. The fourth-order valence-corrected chi connectivity index (χ4v) is 1.93. The molecule has 0 radical (unpaired) electrons. The third-order valence-electron chi connectivity index (χ3n) is 2.92. The molecule has 0 aromatic carbocycles. The fraction of sp³-hybridized carbons (Fsp3) is 0.417. The Balaban J connectivity index is 1.86. The van der Waals surface area contributed by atoms with Gasteiger partial charge in [-0.05, 0) is 6.92 Å². The molecule has 0 amide bonds. The molecule has 0 bridgehead atoms. The molecule has 8 nitrogen and oxygen atoms in total. The van der Waals surface area contributed by atoms with Gasteiger partial charge >= 0.3 is 0 Å². The van der Waals surface area contributed by atoms with Gasteiger partial charge in [0.25, 0.3) is 0 Å². The average molecular weight is 273 g/mol. The summed E-state index contributed by atoms with van der Waals surface area (Å²) in [6, 6.07) is 0. The summed E-state index contributed by atoms with van der Waals surface area (Å²) in [4.78, 5) is 8.76. The highest BCUT2D eigenvalue weighted by Crippen LogP contribution is 2.19. The summed E-state index contributed by atoms with van der Waals surface area (Å²) in [6.07, 6.45) is 2.47. The van der Waals surface area contributed by atoms with Crippen molar-refractivity contribution >= 4 is 16.9 Å². The smallest absolute Gasteiger partial charge is 0.235 e. The van der Waals surface area contributed by atoms with Gasteiger partial charge in [0.2, 0.25) is 11.8 Å². The van der Waals surface area contributed by atoms with E-state index >= 15 is 0 Å². The van der Waals surface area contributed by atoms with Crippen molar-refractivity contribution in [1.29, 1.82) is 0 Å². The Kier molecular flexibility index (Phi) is 3.05. The van der Waals surface area contributed by atoms with Crippen LogP contribution in [-0.4, -0.2) is 29.9 Å². The number of anilines is 1. The van der Waals surface area contributed by atoms with Gasteiger partial charge in [-0.1, -0.05) is 6.92 Å². The SMILES string of the molecule is CCc1nnc(CNc2nc(C)nc3c2cnn3C)o1. The van der Waals surface area contributed by atoms with Crippen LogP contribution in [0.15, 0.2) is 10.6 Å². The molecule has 0 spiro atoms. The highest BCUT2D eigenvalue weighted by molar-refractivity contribution is 5.86. The van der Waals surface area contributed by atoms with E-state index in [0.717, 1.165) is 23.3 Å². The first kappa shape index (κ1) is 12.5. The molecule has 3 heterocycles. The van der Waals surface area contributed by atoms with E-state index in [1.165, 1.54) is 0 Å². The molecule has 3 aromatic rings. The van der Waals surface area contributed by atoms with Gasteiger partial charge in [0.1, 0.15) is 11.6 Å². The van der Waals surface area contributed by atoms with Crippen LogP contribution in [0.3, 0.4) is 0 Å². The van der Waals surface area contributed by atoms with E-state index in [-0.39, 0.29) is 0 Å². The lowest BCUT2D eigenvalue weighted by Crippen LogP contribution is -2.05. The van der Waals surface area contributed by atoms with Crippen molar-refractivity contribution in [1.82, 2.24) is 29.9 Å². The van der Waals surface area contributed by atoms with E-state index in [1.54, 1.807) is 10.9 Å². The summed E-state index contributed by atoms with van der Waals surface area (Å²) in [6.45, 7) is 4.24. The zero-order valence-electron chi connectivity index (χ0n) is 11.6. The number of fused-ring (bicyclic) bond motifs is 1. The molecule has 3 rings (SSSR count). The monoisotopic (exact) mass is 273 g/mol. The van der Waals surface area contributed by atoms with Crippen molar-refractivity contribution in [3.8, 4) is 0 Å². The normalized spacial score (nSPS) is 11.2. The number of hydrogen-bond acceptors (Lipinski definition) is 7. The Hall–Kier alpha value is -2.51. The standard InChI is InChI=1S/C12H15N7O/c1-4-9-17-18-10(20-9)6-13-11-8-5-14-19(3)12(8)16-7(2)15-11/h5H,4,6H2,1-3H3,(H,13,15,16). The predicted octanol–water partition coefficient (Wildman–Crippen LogP) is 1.23. The molecule has 8 heteroatoms. The van der Waals surface area contributed by atoms with E-state index < -0.39 is 0 Å². The van der Waals surface area contributed by atoms with Crippen LogP contribution in [0.1, 0.15) is 24.5 Å². The summed E-state index contributed by atoms with van der Waals surface area (Å²) in [5.41, 5.74) is 0.791. The average Bonchev–Trinajstić information content (AvgIpc) is 3.04.